The van der Waals surface area contributed by atoms with E-state index in [0.29, 0.717) is 59.7 Å². The van der Waals surface area contributed by atoms with Gasteiger partial charge in [-0.3, -0.25) is 0 Å². The van der Waals surface area contributed by atoms with Crippen molar-refractivity contribution < 1.29 is 19.0 Å². The van der Waals surface area contributed by atoms with Crippen LogP contribution in [0.3, 0.4) is 0 Å². The predicted octanol–water partition coefficient (Wildman–Crippen LogP) is 2.17. The second-order valence-corrected chi connectivity index (χ2v) is 10.2. The van der Waals surface area contributed by atoms with Crippen LogP contribution in [0.5, 0.6) is 0 Å². The maximum atomic E-state index is 12.4. The molecule has 3 fully saturated rings. The van der Waals surface area contributed by atoms with Crippen molar-refractivity contribution in [2.45, 2.75) is 37.1 Å². The molecule has 1 aliphatic carbocycles. The number of nitrogens with zero attached hydrogens (tertiary/aromatic N) is 7. The number of hydrogen-bond donors (Lipinski definition) is 3. The molecule has 0 spiro atoms. The highest BCUT2D eigenvalue weighted by atomic mass is 35.5. The summed E-state index contributed by atoms with van der Waals surface area (Å²) in [5.74, 6) is 0.664. The van der Waals surface area contributed by atoms with E-state index in [9.17, 15) is 15.3 Å². The Balaban J connectivity index is 1.27. The van der Waals surface area contributed by atoms with Gasteiger partial charge in [-0.25, -0.2) is 9.78 Å². The van der Waals surface area contributed by atoms with Crippen LogP contribution in [0.4, 0.5) is 27.9 Å². The van der Waals surface area contributed by atoms with Crippen LogP contribution in [0.2, 0.25) is 5.02 Å². The largest absolute Gasteiger partial charge is 0.441 e. The van der Waals surface area contributed by atoms with Crippen LogP contribution >= 0.6 is 11.6 Å². The molecule has 3 aromatic rings. The minimum Gasteiger partial charge on any atom is -0.441 e. The molecule has 3 N–H and O–H groups in total. The van der Waals surface area contributed by atoms with E-state index >= 15 is 0 Å². The predicted molar refractivity (Wildman–Crippen MR) is 143 cm³/mol. The molecule has 1 amide bonds. The normalized spacial score (nSPS) is 20.4. The van der Waals surface area contributed by atoms with Crippen molar-refractivity contribution in [3.05, 3.63) is 34.6 Å². The van der Waals surface area contributed by atoms with Crippen molar-refractivity contribution in [3.8, 4) is 12.1 Å². The third-order valence-electron chi connectivity index (χ3n) is 6.92. The van der Waals surface area contributed by atoms with Crippen molar-refractivity contribution in [2.75, 3.05) is 48.9 Å². The standard InChI is InChI=1S/C25H25ClN10O4/c1-38-20-10-35(9-18(20)32-25(37)40-16-11-39-12-16)19-5-13(6-27)4-17(21(19)26)31-24-33-22(30-14-2-3-14)23-29-8-15(7-28)36(23)34-24/h4-5,8,14,16,18,20H,2-3,9-12H2,1H3,(H,32,37)(H2,30,31,33,34)/t18-,20-/m0/s1. The number of nitrogens with one attached hydrogen (secondary N) is 3. The fraction of sp³-hybridized carbons (Fsp3) is 0.440. The smallest absolute Gasteiger partial charge is 0.407 e. The summed E-state index contributed by atoms with van der Waals surface area (Å²) in [7, 11) is 1.57. The minimum atomic E-state index is -0.541. The van der Waals surface area contributed by atoms with Crippen LogP contribution in [0.25, 0.3) is 5.65 Å². The number of carbonyl (C=O) groups excluding carboxylic acids is 1. The van der Waals surface area contributed by atoms with Crippen molar-refractivity contribution in [1.82, 2.24) is 24.9 Å². The van der Waals surface area contributed by atoms with Gasteiger partial charge in [0, 0.05) is 26.2 Å². The van der Waals surface area contributed by atoms with E-state index in [-0.39, 0.29) is 35.9 Å². The first-order valence-corrected chi connectivity index (χ1v) is 13.1. The molecule has 0 radical (unpaired) electrons. The van der Waals surface area contributed by atoms with Crippen molar-refractivity contribution >= 4 is 46.5 Å². The first-order chi connectivity index (χ1) is 19.4. The Bertz CT molecular complexity index is 1540. The Hall–Kier alpha value is -4.37. The first kappa shape index (κ1) is 25.9. The number of methoxy groups -OCH3 is 1. The van der Waals surface area contributed by atoms with Crippen molar-refractivity contribution in [3.63, 3.8) is 0 Å². The van der Waals surface area contributed by atoms with E-state index in [1.54, 1.807) is 19.2 Å². The first-order valence-electron chi connectivity index (χ1n) is 12.7. The lowest BCUT2D eigenvalue weighted by Gasteiger charge is -2.27. The second-order valence-electron chi connectivity index (χ2n) is 9.78. The molecular weight excluding hydrogens is 540 g/mol. The lowest BCUT2D eigenvalue weighted by Crippen LogP contribution is -2.47. The summed E-state index contributed by atoms with van der Waals surface area (Å²) >= 11 is 6.87. The Kier molecular flexibility index (Phi) is 6.89. The van der Waals surface area contributed by atoms with Gasteiger partial charge in [-0.15, -0.1) is 5.10 Å². The SMILES string of the molecule is CO[C@H]1CN(c2cc(C#N)cc(Nc3nc(NC4CC4)c4ncc(C#N)n4n3)c2Cl)C[C@@H]1NC(=O)OC1COC1. The summed E-state index contributed by atoms with van der Waals surface area (Å²) in [5, 5.41) is 33.4. The molecule has 3 aliphatic rings. The Morgan fingerprint density at radius 3 is 2.73 bits per heavy atom. The summed E-state index contributed by atoms with van der Waals surface area (Å²) in [6, 6.07) is 7.45. The van der Waals surface area contributed by atoms with Gasteiger partial charge < -0.3 is 35.1 Å². The third-order valence-corrected chi connectivity index (χ3v) is 7.32. The molecule has 15 heteroatoms. The molecule has 6 rings (SSSR count). The number of imidazole rings is 1. The van der Waals surface area contributed by atoms with Crippen LogP contribution in [-0.4, -0.2) is 83.4 Å². The highest BCUT2D eigenvalue weighted by Crippen LogP contribution is 2.38. The quantitative estimate of drug-likeness (QED) is 0.364. The van der Waals surface area contributed by atoms with Gasteiger partial charge in [-0.1, -0.05) is 11.6 Å². The summed E-state index contributed by atoms with van der Waals surface area (Å²) in [5.41, 5.74) is 2.03. The number of anilines is 4. The van der Waals surface area contributed by atoms with Gasteiger partial charge >= 0.3 is 6.09 Å². The highest BCUT2D eigenvalue weighted by molar-refractivity contribution is 6.36. The molecule has 206 valence electrons. The number of fused-ring (bicyclic) bond motifs is 1. The van der Waals surface area contributed by atoms with Crippen LogP contribution in [-0.2, 0) is 14.2 Å². The molecular formula is C25H25ClN10O4. The fourth-order valence-corrected chi connectivity index (χ4v) is 4.89. The molecule has 2 saturated heterocycles. The van der Waals surface area contributed by atoms with Gasteiger partial charge in [0.05, 0.1) is 59.6 Å². The lowest BCUT2D eigenvalue weighted by atomic mass is 10.1. The monoisotopic (exact) mass is 564 g/mol. The van der Waals surface area contributed by atoms with Crippen LogP contribution < -0.4 is 20.9 Å². The maximum Gasteiger partial charge on any atom is 0.407 e. The number of hydrogen-bond acceptors (Lipinski definition) is 12. The molecule has 40 heavy (non-hydrogen) atoms. The Morgan fingerprint density at radius 1 is 1.23 bits per heavy atom. The summed E-state index contributed by atoms with van der Waals surface area (Å²) in [4.78, 5) is 23.2. The molecule has 0 bridgehead atoms. The zero-order chi connectivity index (χ0) is 27.8. The number of halogens is 1. The highest BCUT2D eigenvalue weighted by Gasteiger charge is 2.36. The molecule has 14 nitrogen and oxygen atoms in total. The third kappa shape index (κ3) is 5.12. The Labute approximate surface area is 233 Å². The van der Waals surface area contributed by atoms with Gasteiger partial charge in [0.15, 0.2) is 23.3 Å². The van der Waals surface area contributed by atoms with E-state index < -0.39 is 6.09 Å². The molecule has 2 atom stereocenters. The number of benzene rings is 1. The summed E-state index contributed by atoms with van der Waals surface area (Å²) in [6.07, 6.45) is 2.35. The second kappa shape index (κ2) is 10.7. The maximum absolute atomic E-state index is 12.4. The van der Waals surface area contributed by atoms with E-state index in [1.165, 1.54) is 10.7 Å². The summed E-state index contributed by atoms with van der Waals surface area (Å²) in [6.45, 7) is 1.57. The van der Waals surface area contributed by atoms with Crippen LogP contribution in [0.15, 0.2) is 18.3 Å². The molecule has 4 heterocycles. The van der Waals surface area contributed by atoms with E-state index in [0.717, 1.165) is 12.8 Å². The molecule has 0 unspecified atom stereocenters. The molecule has 1 saturated carbocycles. The van der Waals surface area contributed by atoms with E-state index in [2.05, 4.69) is 43.2 Å². The zero-order valence-electron chi connectivity index (χ0n) is 21.4. The van der Waals surface area contributed by atoms with E-state index in [4.69, 9.17) is 25.8 Å². The van der Waals surface area contributed by atoms with Crippen molar-refractivity contribution in [2.24, 2.45) is 0 Å². The van der Waals surface area contributed by atoms with Crippen LogP contribution in [0.1, 0.15) is 24.1 Å². The number of amides is 1. The van der Waals surface area contributed by atoms with Gasteiger partial charge in [-0.05, 0) is 25.0 Å². The van der Waals surface area contributed by atoms with Gasteiger partial charge in [0.25, 0.3) is 0 Å². The molecule has 1 aromatic carbocycles. The number of ether oxygens (including phenoxy) is 3. The van der Waals surface area contributed by atoms with Gasteiger partial charge in [-0.2, -0.15) is 20.0 Å². The molecule has 2 aromatic heterocycles. The number of carbonyl (C=O) groups is 1. The van der Waals surface area contributed by atoms with Gasteiger partial charge in [0.1, 0.15) is 6.07 Å². The van der Waals surface area contributed by atoms with Gasteiger partial charge in [0.2, 0.25) is 5.95 Å². The Morgan fingerprint density at radius 2 is 2.05 bits per heavy atom. The minimum absolute atomic E-state index is 0.173. The zero-order valence-corrected chi connectivity index (χ0v) is 22.2. The van der Waals surface area contributed by atoms with E-state index in [1.807, 2.05) is 4.90 Å². The van der Waals surface area contributed by atoms with Crippen molar-refractivity contribution in [1.29, 1.82) is 10.5 Å². The molecule has 2 aliphatic heterocycles. The number of nitriles is 2. The fourth-order valence-electron chi connectivity index (χ4n) is 4.61. The number of alkyl carbamates (subject to hydrolysis) is 1. The number of rotatable bonds is 8. The average Bonchev–Trinajstić information content (AvgIpc) is 3.50. The topological polar surface area (TPSA) is 175 Å². The lowest BCUT2D eigenvalue weighted by molar-refractivity contribution is -0.0988. The number of aromatic nitrogens is 4. The summed E-state index contributed by atoms with van der Waals surface area (Å²) < 4.78 is 17.4. The average molecular weight is 565 g/mol. The van der Waals surface area contributed by atoms with Crippen LogP contribution in [0, 0.1) is 22.7 Å².